The zero-order valence-corrected chi connectivity index (χ0v) is 14.6. The minimum absolute atomic E-state index is 0.0374. The SMILES string of the molecule is COc1ccc(OC)c([C@H](C)NS(=O)(=O)c2ccccc2Cl)c1. The number of rotatable bonds is 6. The van der Waals surface area contributed by atoms with Crippen molar-refractivity contribution >= 4 is 21.6 Å². The van der Waals surface area contributed by atoms with E-state index in [1.54, 1.807) is 44.4 Å². The lowest BCUT2D eigenvalue weighted by molar-refractivity contribution is 0.395. The van der Waals surface area contributed by atoms with Crippen LogP contribution in [0.3, 0.4) is 0 Å². The number of sulfonamides is 1. The molecule has 1 atom stereocenters. The number of nitrogens with one attached hydrogen (secondary N) is 1. The summed E-state index contributed by atoms with van der Waals surface area (Å²) >= 11 is 5.98. The van der Waals surface area contributed by atoms with E-state index < -0.39 is 16.1 Å². The van der Waals surface area contributed by atoms with Crippen LogP contribution >= 0.6 is 11.6 Å². The van der Waals surface area contributed by atoms with E-state index >= 15 is 0 Å². The second-order valence-corrected chi connectivity index (χ2v) is 6.97. The molecule has 0 saturated carbocycles. The van der Waals surface area contributed by atoms with Gasteiger partial charge in [-0.25, -0.2) is 13.1 Å². The number of benzene rings is 2. The summed E-state index contributed by atoms with van der Waals surface area (Å²) in [5, 5.41) is 0.171. The van der Waals surface area contributed by atoms with Gasteiger partial charge in [0.25, 0.3) is 0 Å². The Bertz CT molecular complexity index is 792. The summed E-state index contributed by atoms with van der Waals surface area (Å²) in [4.78, 5) is 0.0374. The predicted octanol–water partition coefficient (Wildman–Crippen LogP) is 3.40. The van der Waals surface area contributed by atoms with Crippen LogP contribution in [0.2, 0.25) is 5.02 Å². The van der Waals surface area contributed by atoms with E-state index in [-0.39, 0.29) is 9.92 Å². The number of halogens is 1. The summed E-state index contributed by atoms with van der Waals surface area (Å²) in [7, 11) is -0.687. The summed E-state index contributed by atoms with van der Waals surface area (Å²) in [6, 6.07) is 11.0. The lowest BCUT2D eigenvalue weighted by atomic mass is 10.1. The second-order valence-electron chi connectivity index (χ2n) is 4.88. The fourth-order valence-electron chi connectivity index (χ4n) is 2.20. The number of hydrogen-bond acceptors (Lipinski definition) is 4. The molecular formula is C16H18ClNO4S. The second kappa shape index (κ2) is 7.21. The fraction of sp³-hybridized carbons (Fsp3) is 0.250. The van der Waals surface area contributed by atoms with Crippen molar-refractivity contribution in [3.63, 3.8) is 0 Å². The van der Waals surface area contributed by atoms with E-state index in [0.717, 1.165) is 0 Å². The quantitative estimate of drug-likeness (QED) is 0.862. The standard InChI is InChI=1S/C16H18ClNO4S/c1-11(13-10-12(21-2)8-9-15(13)22-3)18-23(19,20)16-7-5-4-6-14(16)17/h4-11,18H,1-3H3/t11-/m0/s1. The average molecular weight is 356 g/mol. The molecular weight excluding hydrogens is 338 g/mol. The van der Waals surface area contributed by atoms with Crippen molar-refractivity contribution in [2.45, 2.75) is 17.9 Å². The van der Waals surface area contributed by atoms with Crippen molar-refractivity contribution in [3.8, 4) is 11.5 Å². The summed E-state index contributed by atoms with van der Waals surface area (Å²) in [5.74, 6) is 1.18. The monoisotopic (exact) mass is 355 g/mol. The highest BCUT2D eigenvalue weighted by atomic mass is 35.5. The molecule has 0 aliphatic heterocycles. The molecule has 2 aromatic carbocycles. The average Bonchev–Trinajstić information content (AvgIpc) is 2.54. The Labute approximate surface area is 141 Å². The molecule has 0 aromatic heterocycles. The highest BCUT2D eigenvalue weighted by molar-refractivity contribution is 7.89. The minimum Gasteiger partial charge on any atom is -0.497 e. The van der Waals surface area contributed by atoms with Crippen molar-refractivity contribution in [1.29, 1.82) is 0 Å². The van der Waals surface area contributed by atoms with Gasteiger partial charge in [0.05, 0.1) is 19.2 Å². The Morgan fingerprint density at radius 3 is 2.39 bits per heavy atom. The van der Waals surface area contributed by atoms with Gasteiger partial charge in [0.15, 0.2) is 0 Å². The van der Waals surface area contributed by atoms with Gasteiger partial charge in [-0.2, -0.15) is 0 Å². The van der Waals surface area contributed by atoms with Gasteiger partial charge in [-0.1, -0.05) is 23.7 Å². The van der Waals surface area contributed by atoms with Gasteiger partial charge in [0, 0.05) is 11.6 Å². The number of methoxy groups -OCH3 is 2. The van der Waals surface area contributed by atoms with Crippen LogP contribution in [0.1, 0.15) is 18.5 Å². The molecule has 2 rings (SSSR count). The smallest absolute Gasteiger partial charge is 0.242 e. The first-order chi connectivity index (χ1) is 10.9. The van der Waals surface area contributed by atoms with Gasteiger partial charge in [0.1, 0.15) is 16.4 Å². The number of ether oxygens (including phenoxy) is 2. The van der Waals surface area contributed by atoms with E-state index in [1.165, 1.54) is 19.2 Å². The first kappa shape index (κ1) is 17.6. The van der Waals surface area contributed by atoms with E-state index in [4.69, 9.17) is 21.1 Å². The first-order valence-corrected chi connectivity index (χ1v) is 8.74. The third-order valence-corrected chi connectivity index (χ3v) is 5.40. The molecule has 124 valence electrons. The third-order valence-electron chi connectivity index (χ3n) is 3.36. The van der Waals surface area contributed by atoms with Gasteiger partial charge < -0.3 is 9.47 Å². The van der Waals surface area contributed by atoms with Crippen molar-refractivity contribution in [3.05, 3.63) is 53.1 Å². The van der Waals surface area contributed by atoms with Gasteiger partial charge in [0.2, 0.25) is 10.0 Å². The topological polar surface area (TPSA) is 64.6 Å². The molecule has 0 aliphatic carbocycles. The molecule has 1 N–H and O–H groups in total. The molecule has 0 aliphatic rings. The van der Waals surface area contributed by atoms with Crippen LogP contribution in [-0.4, -0.2) is 22.6 Å². The maximum absolute atomic E-state index is 12.5. The van der Waals surface area contributed by atoms with Crippen LogP contribution < -0.4 is 14.2 Å². The minimum atomic E-state index is -3.76. The predicted molar refractivity (Wildman–Crippen MR) is 89.7 cm³/mol. The number of hydrogen-bond donors (Lipinski definition) is 1. The first-order valence-electron chi connectivity index (χ1n) is 6.88. The van der Waals surface area contributed by atoms with E-state index in [9.17, 15) is 8.42 Å². The molecule has 0 spiro atoms. The molecule has 0 amide bonds. The summed E-state index contributed by atoms with van der Waals surface area (Å²) in [5.41, 5.74) is 0.669. The zero-order chi connectivity index (χ0) is 17.0. The van der Waals surface area contributed by atoms with Crippen LogP contribution in [0.15, 0.2) is 47.4 Å². The molecule has 23 heavy (non-hydrogen) atoms. The molecule has 2 aromatic rings. The van der Waals surface area contributed by atoms with Gasteiger partial charge in [-0.05, 0) is 37.3 Å². The normalized spacial score (nSPS) is 12.7. The van der Waals surface area contributed by atoms with Crippen molar-refractivity contribution < 1.29 is 17.9 Å². The molecule has 7 heteroatoms. The molecule has 0 radical (unpaired) electrons. The van der Waals surface area contributed by atoms with E-state index in [2.05, 4.69) is 4.72 Å². The third kappa shape index (κ3) is 3.96. The Hall–Kier alpha value is -1.76. The van der Waals surface area contributed by atoms with E-state index in [1.807, 2.05) is 0 Å². The van der Waals surface area contributed by atoms with Crippen molar-refractivity contribution in [2.75, 3.05) is 14.2 Å². The lowest BCUT2D eigenvalue weighted by Crippen LogP contribution is -2.27. The Morgan fingerprint density at radius 1 is 1.09 bits per heavy atom. The van der Waals surface area contributed by atoms with Crippen LogP contribution in [0.5, 0.6) is 11.5 Å². The summed E-state index contributed by atoms with van der Waals surface area (Å²) in [6.07, 6.45) is 0. The molecule has 0 heterocycles. The fourth-order valence-corrected chi connectivity index (χ4v) is 3.94. The lowest BCUT2D eigenvalue weighted by Gasteiger charge is -2.18. The highest BCUT2D eigenvalue weighted by Crippen LogP contribution is 2.31. The van der Waals surface area contributed by atoms with Gasteiger partial charge in [-0.15, -0.1) is 0 Å². The molecule has 0 fully saturated rings. The Kier molecular flexibility index (Phi) is 5.51. The largest absolute Gasteiger partial charge is 0.497 e. The van der Waals surface area contributed by atoms with Crippen LogP contribution in [0.4, 0.5) is 0 Å². The zero-order valence-electron chi connectivity index (χ0n) is 13.0. The Morgan fingerprint density at radius 2 is 1.78 bits per heavy atom. The maximum atomic E-state index is 12.5. The molecule has 0 saturated heterocycles. The van der Waals surface area contributed by atoms with Crippen molar-refractivity contribution in [1.82, 2.24) is 4.72 Å². The van der Waals surface area contributed by atoms with Crippen LogP contribution in [0, 0.1) is 0 Å². The van der Waals surface area contributed by atoms with Crippen molar-refractivity contribution in [2.24, 2.45) is 0 Å². The summed E-state index contributed by atoms with van der Waals surface area (Å²) < 4.78 is 38.1. The molecule has 0 unspecified atom stereocenters. The molecule has 0 bridgehead atoms. The maximum Gasteiger partial charge on any atom is 0.242 e. The van der Waals surface area contributed by atoms with Gasteiger partial charge in [-0.3, -0.25) is 0 Å². The highest BCUT2D eigenvalue weighted by Gasteiger charge is 2.22. The van der Waals surface area contributed by atoms with Crippen LogP contribution in [-0.2, 0) is 10.0 Å². The van der Waals surface area contributed by atoms with Gasteiger partial charge >= 0.3 is 0 Å². The Balaban J connectivity index is 2.35. The molecule has 5 nitrogen and oxygen atoms in total. The van der Waals surface area contributed by atoms with E-state index in [0.29, 0.717) is 17.1 Å². The van der Waals surface area contributed by atoms with Crippen LogP contribution in [0.25, 0.3) is 0 Å². The summed E-state index contributed by atoms with van der Waals surface area (Å²) in [6.45, 7) is 1.73.